The molecular formula is C12H17NO5. The first-order valence-corrected chi connectivity index (χ1v) is 5.25. The molecular weight excluding hydrogens is 238 g/mol. The molecule has 1 aromatic carbocycles. The first-order valence-electron chi connectivity index (χ1n) is 5.25. The SMILES string of the molecule is COc1cc(OC)c(COC(C)=O)c(OC)c1N. The van der Waals surface area contributed by atoms with Crippen molar-refractivity contribution in [2.45, 2.75) is 13.5 Å². The number of nitrogen functional groups attached to an aromatic ring is 1. The number of nitrogens with two attached hydrogens (primary N) is 1. The van der Waals surface area contributed by atoms with Gasteiger partial charge < -0.3 is 24.7 Å². The molecule has 0 heterocycles. The molecule has 1 aromatic rings. The summed E-state index contributed by atoms with van der Waals surface area (Å²) in [6, 6.07) is 1.62. The summed E-state index contributed by atoms with van der Waals surface area (Å²) in [5, 5.41) is 0. The van der Waals surface area contributed by atoms with Gasteiger partial charge in [-0.05, 0) is 0 Å². The molecule has 6 nitrogen and oxygen atoms in total. The number of benzene rings is 1. The van der Waals surface area contributed by atoms with Gasteiger partial charge in [-0.25, -0.2) is 0 Å². The molecule has 1 rings (SSSR count). The summed E-state index contributed by atoms with van der Waals surface area (Å²) < 4.78 is 20.5. The average molecular weight is 255 g/mol. The molecule has 0 bridgehead atoms. The Bertz CT molecular complexity index is 445. The highest BCUT2D eigenvalue weighted by Crippen LogP contribution is 2.41. The van der Waals surface area contributed by atoms with Gasteiger partial charge in [0.05, 0.1) is 26.9 Å². The molecule has 0 fully saturated rings. The van der Waals surface area contributed by atoms with Crippen LogP contribution in [0, 0.1) is 0 Å². The second kappa shape index (κ2) is 6.00. The van der Waals surface area contributed by atoms with Crippen LogP contribution in [0.3, 0.4) is 0 Å². The number of carbonyl (C=O) groups is 1. The quantitative estimate of drug-likeness (QED) is 0.632. The fraction of sp³-hybridized carbons (Fsp3) is 0.417. The van der Waals surface area contributed by atoms with Gasteiger partial charge in [-0.1, -0.05) is 0 Å². The van der Waals surface area contributed by atoms with Crippen LogP contribution in [0.2, 0.25) is 0 Å². The Balaban J connectivity index is 3.27. The van der Waals surface area contributed by atoms with Crippen LogP contribution < -0.4 is 19.9 Å². The van der Waals surface area contributed by atoms with E-state index in [1.165, 1.54) is 28.3 Å². The first kappa shape index (κ1) is 14.0. The molecule has 6 heteroatoms. The zero-order valence-electron chi connectivity index (χ0n) is 10.9. The Hall–Kier alpha value is -2.11. The van der Waals surface area contributed by atoms with Gasteiger partial charge in [0, 0.05) is 13.0 Å². The molecule has 18 heavy (non-hydrogen) atoms. The molecule has 0 atom stereocenters. The summed E-state index contributed by atoms with van der Waals surface area (Å²) in [5.74, 6) is 0.912. The fourth-order valence-electron chi connectivity index (χ4n) is 1.56. The van der Waals surface area contributed by atoms with Crippen LogP contribution in [0.1, 0.15) is 12.5 Å². The molecule has 0 radical (unpaired) electrons. The zero-order chi connectivity index (χ0) is 13.7. The third-order valence-electron chi connectivity index (χ3n) is 2.41. The lowest BCUT2D eigenvalue weighted by Crippen LogP contribution is -2.06. The molecule has 0 aromatic heterocycles. The van der Waals surface area contributed by atoms with Gasteiger partial charge in [0.2, 0.25) is 0 Å². The summed E-state index contributed by atoms with van der Waals surface area (Å²) in [4.78, 5) is 10.9. The first-order chi connectivity index (χ1) is 8.54. The van der Waals surface area contributed by atoms with Gasteiger partial charge in [0.25, 0.3) is 0 Å². The van der Waals surface area contributed by atoms with Crippen LogP contribution >= 0.6 is 0 Å². The van der Waals surface area contributed by atoms with Crippen molar-refractivity contribution in [2.75, 3.05) is 27.1 Å². The smallest absolute Gasteiger partial charge is 0.302 e. The minimum absolute atomic E-state index is 0.0237. The Morgan fingerprint density at radius 1 is 1.17 bits per heavy atom. The highest BCUT2D eigenvalue weighted by molar-refractivity contribution is 5.71. The highest BCUT2D eigenvalue weighted by Gasteiger charge is 2.19. The monoisotopic (exact) mass is 255 g/mol. The van der Waals surface area contributed by atoms with Crippen molar-refractivity contribution in [3.8, 4) is 17.2 Å². The van der Waals surface area contributed by atoms with Crippen LogP contribution in [-0.4, -0.2) is 27.3 Å². The van der Waals surface area contributed by atoms with Crippen molar-refractivity contribution in [1.29, 1.82) is 0 Å². The van der Waals surface area contributed by atoms with Gasteiger partial charge in [-0.2, -0.15) is 0 Å². The van der Waals surface area contributed by atoms with Gasteiger partial charge in [0.1, 0.15) is 23.8 Å². The second-order valence-corrected chi connectivity index (χ2v) is 3.49. The topological polar surface area (TPSA) is 80.0 Å². The van der Waals surface area contributed by atoms with Crippen LogP contribution in [0.25, 0.3) is 0 Å². The standard InChI is InChI=1S/C12H17NO5/c1-7(14)18-6-8-9(15-2)5-10(16-3)11(13)12(8)17-4/h5H,6,13H2,1-4H3. The summed E-state index contributed by atoms with van der Waals surface area (Å²) in [6.07, 6.45) is 0. The lowest BCUT2D eigenvalue weighted by atomic mass is 10.1. The third kappa shape index (κ3) is 2.77. The maximum atomic E-state index is 10.9. The Morgan fingerprint density at radius 2 is 1.78 bits per heavy atom. The van der Waals surface area contributed by atoms with E-state index in [1.807, 2.05) is 0 Å². The van der Waals surface area contributed by atoms with E-state index in [2.05, 4.69) is 0 Å². The normalized spacial score (nSPS) is 9.78. The predicted octanol–water partition coefficient (Wildman–Crippen LogP) is 1.36. The van der Waals surface area contributed by atoms with E-state index < -0.39 is 5.97 Å². The number of carbonyl (C=O) groups excluding carboxylic acids is 1. The summed E-state index contributed by atoms with van der Waals surface area (Å²) in [7, 11) is 4.47. The van der Waals surface area contributed by atoms with E-state index in [-0.39, 0.29) is 6.61 Å². The number of rotatable bonds is 5. The molecule has 0 aliphatic rings. The molecule has 2 N–H and O–H groups in total. The van der Waals surface area contributed by atoms with Crippen LogP contribution in [0.4, 0.5) is 5.69 Å². The number of hydrogen-bond acceptors (Lipinski definition) is 6. The minimum Gasteiger partial charge on any atom is -0.496 e. The molecule has 0 spiro atoms. The minimum atomic E-state index is -0.395. The van der Waals surface area contributed by atoms with E-state index in [4.69, 9.17) is 24.7 Å². The number of ether oxygens (including phenoxy) is 4. The van der Waals surface area contributed by atoms with Gasteiger partial charge in [-0.3, -0.25) is 4.79 Å². The van der Waals surface area contributed by atoms with E-state index in [0.29, 0.717) is 28.5 Å². The van der Waals surface area contributed by atoms with Crippen molar-refractivity contribution in [3.63, 3.8) is 0 Å². The third-order valence-corrected chi connectivity index (χ3v) is 2.41. The second-order valence-electron chi connectivity index (χ2n) is 3.49. The van der Waals surface area contributed by atoms with Crippen LogP contribution in [-0.2, 0) is 16.1 Å². The number of methoxy groups -OCH3 is 3. The van der Waals surface area contributed by atoms with E-state index in [1.54, 1.807) is 6.07 Å². The molecule has 0 saturated carbocycles. The molecule has 0 unspecified atom stereocenters. The van der Waals surface area contributed by atoms with E-state index >= 15 is 0 Å². The van der Waals surface area contributed by atoms with Crippen molar-refractivity contribution >= 4 is 11.7 Å². The largest absolute Gasteiger partial charge is 0.496 e. The lowest BCUT2D eigenvalue weighted by molar-refractivity contribution is -0.142. The van der Waals surface area contributed by atoms with Crippen molar-refractivity contribution in [1.82, 2.24) is 0 Å². The molecule has 0 amide bonds. The average Bonchev–Trinajstić information content (AvgIpc) is 2.36. The summed E-state index contributed by atoms with van der Waals surface area (Å²) in [5.41, 5.74) is 6.79. The Labute approximate surface area is 106 Å². The number of hydrogen-bond donors (Lipinski definition) is 1. The maximum absolute atomic E-state index is 10.9. The zero-order valence-corrected chi connectivity index (χ0v) is 10.9. The predicted molar refractivity (Wildman–Crippen MR) is 66.0 cm³/mol. The van der Waals surface area contributed by atoms with Crippen molar-refractivity contribution < 1.29 is 23.7 Å². The molecule has 0 aliphatic heterocycles. The molecule has 100 valence electrons. The lowest BCUT2D eigenvalue weighted by Gasteiger charge is -2.17. The maximum Gasteiger partial charge on any atom is 0.302 e. The van der Waals surface area contributed by atoms with Crippen molar-refractivity contribution in [3.05, 3.63) is 11.6 Å². The Kier molecular flexibility index (Phi) is 4.65. The molecule has 0 aliphatic carbocycles. The van der Waals surface area contributed by atoms with E-state index in [0.717, 1.165) is 0 Å². The van der Waals surface area contributed by atoms with Gasteiger partial charge in [-0.15, -0.1) is 0 Å². The molecule has 0 saturated heterocycles. The van der Waals surface area contributed by atoms with Crippen LogP contribution in [0.15, 0.2) is 6.07 Å². The highest BCUT2D eigenvalue weighted by atomic mass is 16.5. The van der Waals surface area contributed by atoms with Crippen LogP contribution in [0.5, 0.6) is 17.2 Å². The number of esters is 1. The summed E-state index contributed by atoms with van der Waals surface area (Å²) >= 11 is 0. The number of anilines is 1. The van der Waals surface area contributed by atoms with Crippen molar-refractivity contribution in [2.24, 2.45) is 0 Å². The van der Waals surface area contributed by atoms with Gasteiger partial charge >= 0.3 is 5.97 Å². The Morgan fingerprint density at radius 3 is 2.22 bits per heavy atom. The van der Waals surface area contributed by atoms with Gasteiger partial charge in [0.15, 0.2) is 5.75 Å². The van der Waals surface area contributed by atoms with E-state index in [9.17, 15) is 4.79 Å². The summed E-state index contributed by atoms with van der Waals surface area (Å²) in [6.45, 7) is 1.35. The fourth-order valence-corrected chi connectivity index (χ4v) is 1.56.